The van der Waals surface area contributed by atoms with Gasteiger partial charge in [-0.15, -0.1) is 0 Å². The maximum absolute atomic E-state index is 12.1. The first-order valence-corrected chi connectivity index (χ1v) is 23.1. The Labute approximate surface area is 321 Å². The molecule has 7 rings (SSSR count). The molecule has 0 aromatic carbocycles. The number of allylic oxidation sites excluding steroid dienone is 5. The number of hydrogen-bond acceptors (Lipinski definition) is 6. The molecule has 2 N–H and O–H groups in total. The lowest BCUT2D eigenvalue weighted by Crippen LogP contribution is -2.68. The maximum atomic E-state index is 12.1. The lowest BCUT2D eigenvalue weighted by molar-refractivity contribution is -0.221. The lowest BCUT2D eigenvalue weighted by Gasteiger charge is -2.72. The van der Waals surface area contributed by atoms with E-state index in [1.54, 1.807) is 0 Å². The van der Waals surface area contributed by atoms with Gasteiger partial charge in [0.2, 0.25) is 0 Å². The quantitative estimate of drug-likeness (QED) is 0.239. The van der Waals surface area contributed by atoms with Gasteiger partial charge in [-0.25, -0.2) is 8.42 Å². The minimum Gasteiger partial charge on any atom is -0.480 e. The SMILES string of the molecule is C=C(C)[C@@H]1CC[C@]2(NCCN3CCC(S(C)(=O)=O)CC3)CC[C@]3(C)[C@H](CC[C@@H]4[C@@]5(C)CC=C(C6=CCC(C#N)(C(=O)O)CC6)C(C)(C)[C@@H]5CC[C@]43C)[C@@H]12. The molecule has 7 aliphatic rings. The molecule has 53 heavy (non-hydrogen) atoms. The molecule has 5 fully saturated rings. The normalized spacial score (nSPS) is 44.3. The molecular weight excluding hydrogens is 679 g/mol. The number of nitriles is 1. The van der Waals surface area contributed by atoms with Crippen molar-refractivity contribution in [2.75, 3.05) is 32.4 Å². The summed E-state index contributed by atoms with van der Waals surface area (Å²) < 4.78 is 24.3. The number of aliphatic carboxylic acids is 1. The summed E-state index contributed by atoms with van der Waals surface area (Å²) >= 11 is 0. The molecule has 4 saturated carbocycles. The molecule has 0 bridgehead atoms. The second kappa shape index (κ2) is 13.3. The van der Waals surface area contributed by atoms with E-state index in [0.717, 1.165) is 45.4 Å². The van der Waals surface area contributed by atoms with Gasteiger partial charge in [0, 0.05) is 24.9 Å². The average molecular weight is 748 g/mol. The minimum atomic E-state index is -2.96. The molecule has 1 unspecified atom stereocenters. The van der Waals surface area contributed by atoms with Crippen LogP contribution in [0, 0.1) is 68.0 Å². The van der Waals surface area contributed by atoms with Crippen LogP contribution >= 0.6 is 0 Å². The van der Waals surface area contributed by atoms with Crippen molar-refractivity contribution in [2.45, 2.75) is 142 Å². The van der Waals surface area contributed by atoms with E-state index >= 15 is 0 Å². The number of fused-ring (bicyclic) bond motifs is 7. The fraction of sp³-hybridized carbons (Fsp3) is 0.822. The van der Waals surface area contributed by atoms with Crippen LogP contribution in [-0.2, 0) is 14.6 Å². The Morgan fingerprint density at radius 3 is 2.26 bits per heavy atom. The van der Waals surface area contributed by atoms with Gasteiger partial charge in [0.25, 0.3) is 0 Å². The summed E-state index contributed by atoms with van der Waals surface area (Å²) in [5, 5.41) is 23.7. The van der Waals surface area contributed by atoms with Crippen molar-refractivity contribution < 1.29 is 18.3 Å². The van der Waals surface area contributed by atoms with Crippen LogP contribution in [0.5, 0.6) is 0 Å². The first-order chi connectivity index (χ1) is 24.8. The third-order valence-electron chi connectivity index (χ3n) is 18.2. The van der Waals surface area contributed by atoms with E-state index in [9.17, 15) is 23.6 Å². The number of carboxylic acid groups (broad SMARTS) is 1. The van der Waals surface area contributed by atoms with Gasteiger partial charge in [0.15, 0.2) is 5.41 Å². The van der Waals surface area contributed by atoms with E-state index in [2.05, 4.69) is 76.6 Å². The highest BCUT2D eigenvalue weighted by Crippen LogP contribution is 2.76. The number of carbonyl (C=O) groups is 1. The average Bonchev–Trinajstić information content (AvgIpc) is 3.48. The Bertz CT molecular complexity index is 1720. The highest BCUT2D eigenvalue weighted by Gasteiger charge is 2.70. The molecule has 1 saturated heterocycles. The van der Waals surface area contributed by atoms with E-state index in [4.69, 9.17) is 0 Å². The molecule has 0 aromatic heterocycles. The zero-order valence-corrected chi connectivity index (χ0v) is 34.8. The Hall–Kier alpha value is -1.95. The first-order valence-electron chi connectivity index (χ1n) is 21.1. The van der Waals surface area contributed by atoms with Crippen molar-refractivity contribution in [3.63, 3.8) is 0 Å². The summed E-state index contributed by atoms with van der Waals surface area (Å²) in [7, 11) is -2.96. The van der Waals surface area contributed by atoms with Crippen LogP contribution in [0.3, 0.4) is 0 Å². The highest BCUT2D eigenvalue weighted by molar-refractivity contribution is 7.91. The third kappa shape index (κ3) is 5.98. The summed E-state index contributed by atoms with van der Waals surface area (Å²) in [4.78, 5) is 14.5. The number of piperidine rings is 1. The maximum Gasteiger partial charge on any atom is 0.324 e. The second-order valence-corrected chi connectivity index (χ2v) is 22.9. The van der Waals surface area contributed by atoms with Crippen LogP contribution in [-0.4, -0.2) is 67.6 Å². The summed E-state index contributed by atoms with van der Waals surface area (Å²) in [6, 6.07) is 2.14. The van der Waals surface area contributed by atoms with Gasteiger partial charge in [-0.2, -0.15) is 5.26 Å². The Kier molecular flexibility index (Phi) is 9.88. The number of rotatable bonds is 8. The monoisotopic (exact) mass is 748 g/mol. The molecule has 6 aliphatic carbocycles. The summed E-state index contributed by atoms with van der Waals surface area (Å²) in [6.45, 7) is 23.6. The number of carboxylic acids is 1. The summed E-state index contributed by atoms with van der Waals surface area (Å²) in [5.74, 6) is 2.08. The highest BCUT2D eigenvalue weighted by atomic mass is 32.2. The fourth-order valence-corrected chi connectivity index (χ4v) is 16.1. The Morgan fingerprint density at radius 2 is 1.66 bits per heavy atom. The minimum absolute atomic E-state index is 0.00398. The van der Waals surface area contributed by atoms with Crippen LogP contribution in [0.4, 0.5) is 0 Å². The molecule has 0 spiro atoms. The standard InChI is InChI=1S/C45H69N3O4S/c1-30(2)33-13-22-45(47-25-28-48-26-16-32(17-27-48)53(8,51)52)24-23-42(6)35(38(33)45)9-10-37-41(5)18-14-34(40(3,4)36(41)15-19-43(37,42)7)31-11-20-44(29-46,21-12-31)39(49)50/h11,14,32-33,35-38,47H,1,9-10,12-13,15-28H2,2-8H3,(H,49,50)/t33-,35+,36-,37+,38+,41-,42+,43+,44?,45-/m0/s1. The molecular formula is C45H69N3O4S. The van der Waals surface area contributed by atoms with Gasteiger partial charge in [0.05, 0.1) is 11.3 Å². The Balaban J connectivity index is 1.11. The molecule has 1 aliphatic heterocycles. The van der Waals surface area contributed by atoms with Crippen molar-refractivity contribution >= 4 is 15.8 Å². The Morgan fingerprint density at radius 1 is 0.943 bits per heavy atom. The van der Waals surface area contributed by atoms with E-state index in [1.807, 2.05) is 0 Å². The van der Waals surface area contributed by atoms with Crippen molar-refractivity contribution in [1.29, 1.82) is 5.26 Å². The van der Waals surface area contributed by atoms with Gasteiger partial charge >= 0.3 is 5.97 Å². The van der Waals surface area contributed by atoms with Crippen molar-refractivity contribution in [2.24, 2.45) is 56.7 Å². The third-order valence-corrected chi connectivity index (χ3v) is 19.9. The number of nitrogens with one attached hydrogen (secondary N) is 1. The predicted octanol–water partition coefficient (Wildman–Crippen LogP) is 8.74. The van der Waals surface area contributed by atoms with Crippen LogP contribution < -0.4 is 5.32 Å². The number of likely N-dealkylation sites (tertiary alicyclic amines) is 1. The van der Waals surface area contributed by atoms with Gasteiger partial charge in [-0.1, -0.05) is 58.9 Å². The molecule has 7 nitrogen and oxygen atoms in total. The zero-order valence-electron chi connectivity index (χ0n) is 34.0. The smallest absolute Gasteiger partial charge is 0.324 e. The molecule has 8 heteroatoms. The number of nitrogens with zero attached hydrogens (tertiary/aromatic N) is 2. The van der Waals surface area contributed by atoms with Gasteiger partial charge in [-0.05, 0) is 172 Å². The first kappa shape index (κ1) is 39.3. The summed E-state index contributed by atoms with van der Waals surface area (Å²) in [5.41, 5.74) is 3.68. The van der Waals surface area contributed by atoms with E-state index in [0.29, 0.717) is 48.9 Å². The topological polar surface area (TPSA) is 111 Å². The molecule has 0 radical (unpaired) electrons. The van der Waals surface area contributed by atoms with Gasteiger partial charge < -0.3 is 15.3 Å². The van der Waals surface area contributed by atoms with Crippen LogP contribution in [0.15, 0.2) is 35.5 Å². The molecule has 0 aromatic rings. The largest absolute Gasteiger partial charge is 0.480 e. The molecule has 1 heterocycles. The van der Waals surface area contributed by atoms with Crippen LogP contribution in [0.1, 0.15) is 131 Å². The van der Waals surface area contributed by atoms with Gasteiger partial charge in [-0.3, -0.25) is 4.79 Å². The van der Waals surface area contributed by atoms with E-state index in [-0.39, 0.29) is 32.4 Å². The van der Waals surface area contributed by atoms with Crippen LogP contribution in [0.25, 0.3) is 0 Å². The predicted molar refractivity (Wildman–Crippen MR) is 213 cm³/mol. The number of sulfone groups is 1. The van der Waals surface area contributed by atoms with Crippen molar-refractivity contribution in [3.8, 4) is 6.07 Å². The summed E-state index contributed by atoms with van der Waals surface area (Å²) in [6.07, 6.45) is 20.1. The fourth-order valence-electron chi connectivity index (χ4n) is 15.1. The van der Waals surface area contributed by atoms with E-state index in [1.165, 1.54) is 74.3 Å². The zero-order chi connectivity index (χ0) is 38.4. The van der Waals surface area contributed by atoms with Crippen molar-refractivity contribution in [3.05, 3.63) is 35.5 Å². The second-order valence-electron chi connectivity index (χ2n) is 20.6. The van der Waals surface area contributed by atoms with Crippen molar-refractivity contribution in [1.82, 2.24) is 10.2 Å². The number of hydrogen-bond donors (Lipinski definition) is 2. The lowest BCUT2D eigenvalue weighted by atomic mass is 9.33. The molecule has 0 amide bonds. The molecule has 294 valence electrons. The van der Waals surface area contributed by atoms with Crippen LogP contribution in [0.2, 0.25) is 0 Å². The van der Waals surface area contributed by atoms with E-state index < -0.39 is 21.2 Å². The van der Waals surface area contributed by atoms with Gasteiger partial charge in [0.1, 0.15) is 9.84 Å². The molecule has 10 atom stereocenters.